The minimum absolute atomic E-state index is 0.0782. The number of anilines is 1. The Bertz CT molecular complexity index is 1040. The van der Waals surface area contributed by atoms with E-state index in [1.54, 1.807) is 36.8 Å². The van der Waals surface area contributed by atoms with Gasteiger partial charge in [-0.1, -0.05) is 30.1 Å². The van der Waals surface area contributed by atoms with E-state index >= 15 is 0 Å². The number of hydrogen-bond acceptors (Lipinski definition) is 7. The van der Waals surface area contributed by atoms with E-state index in [1.165, 1.54) is 0 Å². The number of ether oxygens (including phenoxy) is 2. The van der Waals surface area contributed by atoms with Gasteiger partial charge in [-0.25, -0.2) is 9.97 Å². The number of methoxy groups -OCH3 is 1. The van der Waals surface area contributed by atoms with E-state index in [9.17, 15) is 5.11 Å². The number of aromatic nitrogens is 2. The van der Waals surface area contributed by atoms with Crippen LogP contribution in [0.4, 0.5) is 5.13 Å². The topological polar surface area (TPSA) is 76.5 Å². The van der Waals surface area contributed by atoms with E-state index in [4.69, 9.17) is 9.47 Å². The Morgan fingerprint density at radius 1 is 1.21 bits per heavy atom. The van der Waals surface area contributed by atoms with E-state index in [0.717, 1.165) is 46.8 Å². The van der Waals surface area contributed by atoms with E-state index in [-0.39, 0.29) is 12.1 Å². The van der Waals surface area contributed by atoms with E-state index < -0.39 is 0 Å². The van der Waals surface area contributed by atoms with Crippen molar-refractivity contribution < 1.29 is 14.6 Å². The molecule has 0 bridgehead atoms. The summed E-state index contributed by atoms with van der Waals surface area (Å²) in [5, 5.41) is 14.4. The number of pyridine rings is 1. The molecule has 0 saturated heterocycles. The SMILES string of the molecule is COCC#Cc1cc(Oc2ccc3nc(N[C@@H]4CCCC[C@H]4O)sc3c2)ccn1. The summed E-state index contributed by atoms with van der Waals surface area (Å²) in [5.74, 6) is 7.23. The summed E-state index contributed by atoms with van der Waals surface area (Å²) in [4.78, 5) is 8.87. The van der Waals surface area contributed by atoms with Gasteiger partial charge in [0.25, 0.3) is 0 Å². The van der Waals surface area contributed by atoms with Crippen LogP contribution in [0.1, 0.15) is 31.4 Å². The van der Waals surface area contributed by atoms with Gasteiger partial charge in [-0.05, 0) is 37.0 Å². The molecule has 1 fully saturated rings. The average Bonchev–Trinajstić information content (AvgIpc) is 3.12. The van der Waals surface area contributed by atoms with Crippen molar-refractivity contribution in [1.82, 2.24) is 9.97 Å². The summed E-state index contributed by atoms with van der Waals surface area (Å²) in [7, 11) is 1.61. The molecule has 0 unspecified atom stereocenters. The molecule has 6 nitrogen and oxygen atoms in total. The second-order valence-electron chi connectivity index (χ2n) is 6.96. The number of hydrogen-bond donors (Lipinski definition) is 2. The van der Waals surface area contributed by atoms with Crippen LogP contribution in [0.3, 0.4) is 0 Å². The van der Waals surface area contributed by atoms with Crippen LogP contribution in [-0.4, -0.2) is 40.9 Å². The van der Waals surface area contributed by atoms with Gasteiger partial charge in [0, 0.05) is 25.4 Å². The van der Waals surface area contributed by atoms with Crippen LogP contribution in [0.25, 0.3) is 10.2 Å². The molecule has 0 radical (unpaired) electrons. The molecular weight excluding hydrogens is 386 g/mol. The molecule has 1 saturated carbocycles. The highest BCUT2D eigenvalue weighted by Gasteiger charge is 2.23. The molecule has 1 aromatic carbocycles. The van der Waals surface area contributed by atoms with Crippen LogP contribution in [0.2, 0.25) is 0 Å². The fraction of sp³-hybridized carbons (Fsp3) is 0.364. The normalized spacial score (nSPS) is 18.8. The fourth-order valence-electron chi connectivity index (χ4n) is 3.35. The molecule has 2 N–H and O–H groups in total. The van der Waals surface area contributed by atoms with Crippen LogP contribution in [0.5, 0.6) is 11.5 Å². The molecule has 2 heterocycles. The van der Waals surface area contributed by atoms with Gasteiger partial charge < -0.3 is 19.9 Å². The summed E-state index contributed by atoms with van der Waals surface area (Å²) in [6.45, 7) is 0.364. The predicted molar refractivity (Wildman–Crippen MR) is 115 cm³/mol. The molecular formula is C22H23N3O3S. The number of thiazole rings is 1. The van der Waals surface area contributed by atoms with Crippen molar-refractivity contribution in [3.8, 4) is 23.3 Å². The zero-order chi connectivity index (χ0) is 20.1. The van der Waals surface area contributed by atoms with Crippen LogP contribution >= 0.6 is 11.3 Å². The second kappa shape index (κ2) is 9.23. The van der Waals surface area contributed by atoms with Gasteiger partial charge in [-0.15, -0.1) is 0 Å². The number of benzene rings is 1. The van der Waals surface area contributed by atoms with E-state index in [0.29, 0.717) is 18.1 Å². The average molecular weight is 410 g/mol. The van der Waals surface area contributed by atoms with Gasteiger partial charge in [0.05, 0.1) is 22.4 Å². The summed E-state index contributed by atoms with van der Waals surface area (Å²) in [6, 6.07) is 9.51. The third-order valence-corrected chi connectivity index (χ3v) is 5.75. The summed E-state index contributed by atoms with van der Waals surface area (Å²) in [5.41, 5.74) is 1.55. The van der Waals surface area contributed by atoms with Crippen molar-refractivity contribution in [3.63, 3.8) is 0 Å². The number of fused-ring (bicyclic) bond motifs is 1. The zero-order valence-electron chi connectivity index (χ0n) is 16.2. The highest BCUT2D eigenvalue weighted by Crippen LogP contribution is 2.32. The van der Waals surface area contributed by atoms with E-state index in [1.807, 2.05) is 18.2 Å². The highest BCUT2D eigenvalue weighted by molar-refractivity contribution is 7.22. The number of nitrogens with zero attached hydrogens (tertiary/aromatic N) is 2. The Labute approximate surface area is 173 Å². The fourth-order valence-corrected chi connectivity index (χ4v) is 4.30. The molecule has 7 heteroatoms. The first-order chi connectivity index (χ1) is 14.2. The Kier molecular flexibility index (Phi) is 6.25. The molecule has 1 aliphatic carbocycles. The molecule has 150 valence electrons. The van der Waals surface area contributed by atoms with Crippen LogP contribution in [0.15, 0.2) is 36.5 Å². The molecule has 3 aromatic rings. The van der Waals surface area contributed by atoms with Gasteiger partial charge in [0.15, 0.2) is 5.13 Å². The zero-order valence-corrected chi connectivity index (χ0v) is 17.0. The van der Waals surface area contributed by atoms with Gasteiger partial charge in [-0.2, -0.15) is 0 Å². The lowest BCUT2D eigenvalue weighted by Gasteiger charge is -2.27. The maximum Gasteiger partial charge on any atom is 0.184 e. The Morgan fingerprint density at radius 3 is 2.93 bits per heavy atom. The van der Waals surface area contributed by atoms with Crippen molar-refractivity contribution in [2.24, 2.45) is 0 Å². The smallest absolute Gasteiger partial charge is 0.184 e. The minimum Gasteiger partial charge on any atom is -0.457 e. The number of aliphatic hydroxyl groups excluding tert-OH is 1. The molecule has 4 rings (SSSR count). The lowest BCUT2D eigenvalue weighted by atomic mass is 9.93. The third kappa shape index (κ3) is 5.04. The van der Waals surface area contributed by atoms with Gasteiger partial charge in [-0.3, -0.25) is 0 Å². The number of aliphatic hydroxyl groups is 1. The molecule has 29 heavy (non-hydrogen) atoms. The molecule has 2 aromatic heterocycles. The Balaban J connectivity index is 1.48. The second-order valence-corrected chi connectivity index (χ2v) is 8.00. The van der Waals surface area contributed by atoms with Crippen molar-refractivity contribution in [1.29, 1.82) is 0 Å². The van der Waals surface area contributed by atoms with Gasteiger partial charge in [0.1, 0.15) is 23.8 Å². The van der Waals surface area contributed by atoms with Crippen LogP contribution in [-0.2, 0) is 4.74 Å². The predicted octanol–water partition coefficient (Wildman–Crippen LogP) is 4.20. The standard InChI is InChI=1S/C22H23N3O3S/c1-27-12-4-5-15-13-17(10-11-23-15)28-16-8-9-19-21(14-16)29-22(25-19)24-18-6-2-3-7-20(18)26/h8-11,13-14,18,20,26H,2-3,6-7,12H2,1H3,(H,24,25)/t18-,20-/m1/s1. The third-order valence-electron chi connectivity index (χ3n) is 4.80. The van der Waals surface area contributed by atoms with E-state index in [2.05, 4.69) is 27.1 Å². The Hall–Kier alpha value is -2.66. The first-order valence-electron chi connectivity index (χ1n) is 9.68. The lowest BCUT2D eigenvalue weighted by Crippen LogP contribution is -2.36. The summed E-state index contributed by atoms with van der Waals surface area (Å²) < 4.78 is 12.0. The first kappa shape index (κ1) is 19.6. The molecule has 0 spiro atoms. The largest absolute Gasteiger partial charge is 0.457 e. The monoisotopic (exact) mass is 409 g/mol. The maximum atomic E-state index is 10.2. The molecule has 2 atom stereocenters. The first-order valence-corrected chi connectivity index (χ1v) is 10.5. The van der Waals surface area contributed by atoms with Gasteiger partial charge >= 0.3 is 0 Å². The quantitative estimate of drug-likeness (QED) is 0.615. The molecule has 0 aliphatic heterocycles. The van der Waals surface area contributed by atoms with Crippen molar-refractivity contribution >= 4 is 26.7 Å². The minimum atomic E-state index is -0.303. The van der Waals surface area contributed by atoms with Crippen LogP contribution in [0, 0.1) is 11.8 Å². The number of rotatable bonds is 5. The number of nitrogens with one attached hydrogen (secondary N) is 1. The Morgan fingerprint density at radius 2 is 2.07 bits per heavy atom. The highest BCUT2D eigenvalue weighted by atomic mass is 32.1. The van der Waals surface area contributed by atoms with Crippen molar-refractivity contribution in [3.05, 3.63) is 42.2 Å². The molecule has 0 amide bonds. The summed E-state index contributed by atoms with van der Waals surface area (Å²) in [6.07, 6.45) is 5.43. The molecule has 1 aliphatic rings. The van der Waals surface area contributed by atoms with Gasteiger partial charge in [0.2, 0.25) is 0 Å². The van der Waals surface area contributed by atoms with Crippen molar-refractivity contribution in [2.75, 3.05) is 19.0 Å². The maximum absolute atomic E-state index is 10.2. The lowest BCUT2D eigenvalue weighted by molar-refractivity contribution is 0.116. The van der Waals surface area contributed by atoms with Crippen molar-refractivity contribution in [2.45, 2.75) is 37.8 Å². The summed E-state index contributed by atoms with van der Waals surface area (Å²) >= 11 is 1.57. The van der Waals surface area contributed by atoms with Crippen LogP contribution < -0.4 is 10.1 Å².